The van der Waals surface area contributed by atoms with Gasteiger partial charge in [0, 0.05) is 23.1 Å². The highest BCUT2D eigenvalue weighted by molar-refractivity contribution is 6.06. The van der Waals surface area contributed by atoms with Crippen molar-refractivity contribution in [3.63, 3.8) is 0 Å². The number of carbonyl (C=O) groups excluding carboxylic acids is 1. The van der Waals surface area contributed by atoms with Crippen molar-refractivity contribution in [2.24, 2.45) is 5.92 Å². The molecule has 0 radical (unpaired) electrons. The van der Waals surface area contributed by atoms with Crippen molar-refractivity contribution in [2.75, 3.05) is 11.9 Å². The largest absolute Gasteiger partial charge is 0.490 e. The minimum atomic E-state index is -0.720. The molecule has 1 amide bonds. The predicted molar refractivity (Wildman–Crippen MR) is 115 cm³/mol. The maximum absolute atomic E-state index is 13.4. The first kappa shape index (κ1) is 20.7. The Morgan fingerprint density at radius 2 is 1.96 bits per heavy atom. The summed E-state index contributed by atoms with van der Waals surface area (Å²) in [6.07, 6.45) is 4.77. The summed E-state index contributed by atoms with van der Waals surface area (Å²) in [6.45, 7) is 8.94. The van der Waals surface area contributed by atoms with Crippen molar-refractivity contribution in [1.29, 1.82) is 0 Å². The summed E-state index contributed by atoms with van der Waals surface area (Å²) in [6, 6.07) is 11.9. The Morgan fingerprint density at radius 3 is 2.64 bits per heavy atom. The van der Waals surface area contributed by atoms with Crippen LogP contribution in [0.25, 0.3) is 10.8 Å². The zero-order chi connectivity index (χ0) is 20.1. The summed E-state index contributed by atoms with van der Waals surface area (Å²) in [4.78, 5) is 13.4. The Hall–Kier alpha value is -2.07. The van der Waals surface area contributed by atoms with Gasteiger partial charge < -0.3 is 14.8 Å². The van der Waals surface area contributed by atoms with Gasteiger partial charge in [-0.05, 0) is 57.6 Å². The number of nitrogens with one attached hydrogen (secondary N) is 1. The second-order valence-corrected chi connectivity index (χ2v) is 8.32. The highest BCUT2D eigenvalue weighted by Gasteiger charge is 2.42. The van der Waals surface area contributed by atoms with E-state index in [1.54, 1.807) is 0 Å². The molecule has 0 spiro atoms. The molecule has 0 aromatic heterocycles. The van der Waals surface area contributed by atoms with Gasteiger partial charge in [0.25, 0.3) is 5.91 Å². The number of hydrogen-bond acceptors (Lipinski definition) is 3. The number of rotatable bonds is 7. The third-order valence-corrected chi connectivity index (χ3v) is 5.45. The predicted octanol–water partition coefficient (Wildman–Crippen LogP) is 5.94. The molecule has 0 heterocycles. The lowest BCUT2D eigenvalue weighted by molar-refractivity contribution is -0.148. The maximum atomic E-state index is 13.4. The molecule has 28 heavy (non-hydrogen) atoms. The molecule has 2 unspecified atom stereocenters. The molecule has 2 aromatic carbocycles. The molecule has 0 bridgehead atoms. The van der Waals surface area contributed by atoms with Gasteiger partial charge in [-0.1, -0.05) is 44.5 Å². The summed E-state index contributed by atoms with van der Waals surface area (Å²) < 4.78 is 12.1. The minimum absolute atomic E-state index is 0.0184. The fraction of sp³-hybridized carbons (Fsp3) is 0.542. The molecule has 1 aliphatic rings. The minimum Gasteiger partial charge on any atom is -0.490 e. The average Bonchev–Trinajstić information content (AvgIpc) is 2.68. The number of ether oxygens (including phenoxy) is 2. The number of carbonyl (C=O) groups is 1. The van der Waals surface area contributed by atoms with E-state index >= 15 is 0 Å². The third kappa shape index (κ3) is 4.49. The molecule has 1 aliphatic carbocycles. The van der Waals surface area contributed by atoms with Crippen molar-refractivity contribution in [1.82, 2.24) is 0 Å². The van der Waals surface area contributed by atoms with E-state index < -0.39 is 5.60 Å². The fourth-order valence-electron chi connectivity index (χ4n) is 4.18. The van der Waals surface area contributed by atoms with Crippen molar-refractivity contribution in [3.8, 4) is 5.75 Å². The molecule has 2 atom stereocenters. The number of benzene rings is 2. The van der Waals surface area contributed by atoms with Crippen molar-refractivity contribution >= 4 is 22.4 Å². The zero-order valence-electron chi connectivity index (χ0n) is 17.6. The fourth-order valence-corrected chi connectivity index (χ4v) is 4.18. The van der Waals surface area contributed by atoms with Gasteiger partial charge in [0.05, 0.1) is 6.10 Å². The summed E-state index contributed by atoms with van der Waals surface area (Å²) in [5.41, 5.74) is 0.0939. The highest BCUT2D eigenvalue weighted by Crippen LogP contribution is 2.38. The molecule has 1 fully saturated rings. The quantitative estimate of drug-likeness (QED) is 0.643. The Labute approximate surface area is 168 Å². The van der Waals surface area contributed by atoms with E-state index in [4.69, 9.17) is 9.47 Å². The van der Waals surface area contributed by atoms with Crippen LogP contribution in [0, 0.1) is 5.92 Å². The van der Waals surface area contributed by atoms with E-state index in [1.807, 2.05) is 50.2 Å². The number of fused-ring (bicyclic) bond motifs is 1. The van der Waals surface area contributed by atoms with Crippen molar-refractivity contribution in [2.45, 2.75) is 71.5 Å². The first-order valence-electron chi connectivity index (χ1n) is 10.6. The topological polar surface area (TPSA) is 47.6 Å². The van der Waals surface area contributed by atoms with E-state index in [-0.39, 0.29) is 12.0 Å². The van der Waals surface area contributed by atoms with Gasteiger partial charge in [0.2, 0.25) is 0 Å². The molecule has 0 aliphatic heterocycles. The zero-order valence-corrected chi connectivity index (χ0v) is 17.6. The second kappa shape index (κ2) is 8.95. The Kier molecular flexibility index (Phi) is 6.61. The molecule has 4 heteroatoms. The molecular formula is C24H33NO3. The van der Waals surface area contributed by atoms with Crippen LogP contribution in [0.2, 0.25) is 0 Å². The average molecular weight is 384 g/mol. The van der Waals surface area contributed by atoms with E-state index in [9.17, 15) is 4.79 Å². The van der Waals surface area contributed by atoms with E-state index in [2.05, 4.69) is 19.2 Å². The number of amides is 1. The van der Waals surface area contributed by atoms with Gasteiger partial charge in [-0.25, -0.2) is 0 Å². The molecule has 1 N–H and O–H groups in total. The Balaban J connectivity index is 1.91. The van der Waals surface area contributed by atoms with Crippen LogP contribution in [-0.4, -0.2) is 24.2 Å². The van der Waals surface area contributed by atoms with Crippen LogP contribution in [0.15, 0.2) is 36.4 Å². The van der Waals surface area contributed by atoms with Crippen LogP contribution in [0.1, 0.15) is 59.8 Å². The first-order chi connectivity index (χ1) is 13.4. The molecule has 1 saturated carbocycles. The molecule has 0 saturated heterocycles. The lowest BCUT2D eigenvalue weighted by atomic mass is 9.78. The first-order valence-corrected chi connectivity index (χ1v) is 10.6. The van der Waals surface area contributed by atoms with Crippen LogP contribution in [0.3, 0.4) is 0 Å². The number of anilines is 1. The normalized spacial score (nSPS) is 22.4. The Morgan fingerprint density at radius 1 is 1.21 bits per heavy atom. The van der Waals surface area contributed by atoms with Crippen LogP contribution in [0.5, 0.6) is 5.75 Å². The standard InChI is InChI=1S/C24H33NO3/c1-5-15-27-24(14-8-9-18(4)16-24)23(26)25-21-12-13-22(28-17(2)3)20-11-7-6-10-19(20)21/h6-7,10-13,17-18H,5,8-9,14-16H2,1-4H3,(H,25,26). The monoisotopic (exact) mass is 383 g/mol. The third-order valence-electron chi connectivity index (χ3n) is 5.45. The highest BCUT2D eigenvalue weighted by atomic mass is 16.5. The lowest BCUT2D eigenvalue weighted by Crippen LogP contribution is -2.48. The Bertz CT molecular complexity index is 817. The van der Waals surface area contributed by atoms with Gasteiger partial charge in [-0.2, -0.15) is 0 Å². The molecule has 4 nitrogen and oxygen atoms in total. The molecule has 2 aromatic rings. The van der Waals surface area contributed by atoms with Gasteiger partial charge in [-0.3, -0.25) is 4.79 Å². The maximum Gasteiger partial charge on any atom is 0.256 e. The van der Waals surface area contributed by atoms with Gasteiger partial charge >= 0.3 is 0 Å². The van der Waals surface area contributed by atoms with Crippen molar-refractivity contribution < 1.29 is 14.3 Å². The van der Waals surface area contributed by atoms with Gasteiger partial charge in [-0.15, -0.1) is 0 Å². The second-order valence-electron chi connectivity index (χ2n) is 8.32. The van der Waals surface area contributed by atoms with Crippen LogP contribution >= 0.6 is 0 Å². The van der Waals surface area contributed by atoms with Gasteiger partial charge in [0.15, 0.2) is 0 Å². The molecular weight excluding hydrogens is 350 g/mol. The van der Waals surface area contributed by atoms with Crippen LogP contribution in [-0.2, 0) is 9.53 Å². The summed E-state index contributed by atoms with van der Waals surface area (Å²) in [7, 11) is 0. The van der Waals surface area contributed by atoms with E-state index in [0.717, 1.165) is 54.3 Å². The molecule has 3 rings (SSSR count). The summed E-state index contributed by atoms with van der Waals surface area (Å²) in [5.74, 6) is 1.32. The smallest absolute Gasteiger partial charge is 0.256 e. The van der Waals surface area contributed by atoms with E-state index in [1.165, 1.54) is 0 Å². The SMILES string of the molecule is CCCOC1(C(=O)Nc2ccc(OC(C)C)c3ccccc23)CCCC(C)C1. The van der Waals surface area contributed by atoms with Crippen LogP contribution < -0.4 is 10.1 Å². The number of hydrogen-bond donors (Lipinski definition) is 1. The van der Waals surface area contributed by atoms with Crippen molar-refractivity contribution in [3.05, 3.63) is 36.4 Å². The lowest BCUT2D eigenvalue weighted by Gasteiger charge is -2.38. The van der Waals surface area contributed by atoms with Crippen LogP contribution in [0.4, 0.5) is 5.69 Å². The summed E-state index contributed by atoms with van der Waals surface area (Å²) in [5, 5.41) is 5.18. The van der Waals surface area contributed by atoms with E-state index in [0.29, 0.717) is 12.5 Å². The van der Waals surface area contributed by atoms with Gasteiger partial charge in [0.1, 0.15) is 11.4 Å². The summed E-state index contributed by atoms with van der Waals surface area (Å²) >= 11 is 0. The molecule has 152 valence electrons.